The Kier molecular flexibility index (Phi) is 4.91. The van der Waals surface area contributed by atoms with Crippen LogP contribution in [0.15, 0.2) is 59.5 Å². The van der Waals surface area contributed by atoms with Crippen LogP contribution in [0.4, 0.5) is 4.79 Å². The second kappa shape index (κ2) is 7.12. The number of carbonyl (C=O) groups is 1. The van der Waals surface area contributed by atoms with E-state index in [4.69, 9.17) is 14.0 Å². The number of rotatable bonds is 4. The fourth-order valence-corrected chi connectivity index (χ4v) is 3.56. The molecule has 132 valence electrons. The van der Waals surface area contributed by atoms with Gasteiger partial charge in [-0.1, -0.05) is 36.4 Å². The molecule has 1 heterocycles. The molecular formula is C17H17NO6S. The molecule has 1 aliphatic rings. The minimum absolute atomic E-state index is 0.0431. The summed E-state index contributed by atoms with van der Waals surface area (Å²) in [6.07, 6.45) is -1.63. The molecule has 0 radical (unpaired) electrons. The number of morpholine rings is 1. The van der Waals surface area contributed by atoms with Crippen molar-refractivity contribution in [3.8, 4) is 5.75 Å². The van der Waals surface area contributed by atoms with Crippen LogP contribution in [-0.2, 0) is 14.9 Å². The van der Waals surface area contributed by atoms with Crippen LogP contribution in [0.3, 0.4) is 0 Å². The molecule has 1 saturated heterocycles. The van der Waals surface area contributed by atoms with Crippen molar-refractivity contribution in [1.82, 2.24) is 4.90 Å². The molecule has 25 heavy (non-hydrogen) atoms. The van der Waals surface area contributed by atoms with Gasteiger partial charge < -0.3 is 18.9 Å². The highest BCUT2D eigenvalue weighted by atomic mass is 32.2. The Bertz CT molecular complexity index is 852. The van der Waals surface area contributed by atoms with E-state index in [1.807, 2.05) is 0 Å². The molecule has 0 aromatic heterocycles. The number of benzene rings is 2. The number of para-hydroxylation sites is 1. The SMILES string of the molecule is O=C(O)N1CCO[C@H](c2ccccc2OS(=O)(=O)c2ccccc2)C1. The molecular weight excluding hydrogens is 346 g/mol. The van der Waals surface area contributed by atoms with Crippen molar-refractivity contribution in [2.24, 2.45) is 0 Å². The first-order chi connectivity index (χ1) is 12.0. The Morgan fingerprint density at radius 1 is 1.12 bits per heavy atom. The minimum atomic E-state index is -3.99. The highest BCUT2D eigenvalue weighted by molar-refractivity contribution is 7.87. The average molecular weight is 363 g/mol. The third kappa shape index (κ3) is 3.92. The van der Waals surface area contributed by atoms with Crippen molar-refractivity contribution >= 4 is 16.2 Å². The Labute approximate surface area is 145 Å². The molecule has 2 aromatic carbocycles. The van der Waals surface area contributed by atoms with Crippen LogP contribution in [0.2, 0.25) is 0 Å². The number of ether oxygens (including phenoxy) is 1. The van der Waals surface area contributed by atoms with Crippen LogP contribution in [-0.4, -0.2) is 44.2 Å². The standard InChI is InChI=1S/C17H17NO6S/c19-17(20)18-10-11-23-16(12-18)14-8-4-5-9-15(14)24-25(21,22)13-6-2-1-3-7-13/h1-9,16H,10-12H2,(H,19,20)/t16-/m0/s1. The van der Waals surface area contributed by atoms with Gasteiger partial charge in [0.2, 0.25) is 0 Å². The third-order valence-corrected chi connectivity index (χ3v) is 5.08. The summed E-state index contributed by atoms with van der Waals surface area (Å²) in [6.45, 7) is 0.620. The summed E-state index contributed by atoms with van der Waals surface area (Å²) < 4.78 is 35.8. The molecule has 1 atom stereocenters. The fourth-order valence-electron chi connectivity index (χ4n) is 2.59. The van der Waals surface area contributed by atoms with E-state index in [0.29, 0.717) is 5.56 Å². The summed E-state index contributed by atoms with van der Waals surface area (Å²) in [5.41, 5.74) is 0.493. The van der Waals surface area contributed by atoms with Gasteiger partial charge in [0.05, 0.1) is 13.2 Å². The summed E-state index contributed by atoms with van der Waals surface area (Å²) in [5, 5.41) is 9.15. The van der Waals surface area contributed by atoms with E-state index in [2.05, 4.69) is 0 Å². The van der Waals surface area contributed by atoms with Crippen LogP contribution in [0.5, 0.6) is 5.75 Å². The predicted molar refractivity (Wildman–Crippen MR) is 89.0 cm³/mol. The Morgan fingerprint density at radius 3 is 2.52 bits per heavy atom. The summed E-state index contributed by atoms with van der Waals surface area (Å²) in [7, 11) is -3.99. The van der Waals surface area contributed by atoms with Crippen molar-refractivity contribution in [2.45, 2.75) is 11.0 Å². The Balaban J connectivity index is 1.88. The molecule has 2 aromatic rings. The normalized spacial score (nSPS) is 17.9. The first-order valence-corrected chi connectivity index (χ1v) is 9.06. The lowest BCUT2D eigenvalue weighted by Crippen LogP contribution is -2.41. The van der Waals surface area contributed by atoms with E-state index in [1.54, 1.807) is 36.4 Å². The lowest BCUT2D eigenvalue weighted by atomic mass is 10.1. The van der Waals surface area contributed by atoms with Gasteiger partial charge in [0, 0.05) is 12.1 Å². The van der Waals surface area contributed by atoms with Crippen molar-refractivity contribution in [3.05, 3.63) is 60.2 Å². The second-order valence-corrected chi connectivity index (χ2v) is 7.02. The summed E-state index contributed by atoms with van der Waals surface area (Å²) in [5.74, 6) is 0.128. The number of hydrogen-bond acceptors (Lipinski definition) is 5. The van der Waals surface area contributed by atoms with E-state index in [9.17, 15) is 13.2 Å². The lowest BCUT2D eigenvalue weighted by Gasteiger charge is -2.31. The van der Waals surface area contributed by atoms with Crippen molar-refractivity contribution in [1.29, 1.82) is 0 Å². The fraction of sp³-hybridized carbons (Fsp3) is 0.235. The Hall–Kier alpha value is -2.58. The molecule has 3 rings (SSSR count). The quantitative estimate of drug-likeness (QED) is 0.839. The van der Waals surface area contributed by atoms with Crippen LogP contribution in [0.25, 0.3) is 0 Å². The zero-order valence-electron chi connectivity index (χ0n) is 13.2. The molecule has 0 aliphatic carbocycles. The van der Waals surface area contributed by atoms with E-state index in [0.717, 1.165) is 0 Å². The summed E-state index contributed by atoms with van der Waals surface area (Å²) >= 11 is 0. The molecule has 7 nitrogen and oxygen atoms in total. The molecule has 8 heteroatoms. The molecule has 1 fully saturated rings. The van der Waals surface area contributed by atoms with Crippen LogP contribution in [0, 0.1) is 0 Å². The molecule has 1 amide bonds. The average Bonchev–Trinajstić information content (AvgIpc) is 2.63. The van der Waals surface area contributed by atoms with E-state index in [1.165, 1.54) is 23.1 Å². The van der Waals surface area contributed by atoms with Crippen molar-refractivity contribution in [3.63, 3.8) is 0 Å². The third-order valence-electron chi connectivity index (χ3n) is 3.83. The van der Waals surface area contributed by atoms with E-state index in [-0.39, 0.29) is 30.3 Å². The molecule has 0 spiro atoms. The largest absolute Gasteiger partial charge is 0.465 e. The number of hydrogen-bond donors (Lipinski definition) is 1. The Morgan fingerprint density at radius 2 is 1.80 bits per heavy atom. The topological polar surface area (TPSA) is 93.1 Å². The second-order valence-electron chi connectivity index (χ2n) is 5.48. The number of amides is 1. The number of carboxylic acid groups (broad SMARTS) is 1. The molecule has 0 bridgehead atoms. The predicted octanol–water partition coefficient (Wildman–Crippen LogP) is 2.51. The van der Waals surface area contributed by atoms with Gasteiger partial charge in [-0.15, -0.1) is 0 Å². The van der Waals surface area contributed by atoms with Crippen LogP contribution >= 0.6 is 0 Å². The van der Waals surface area contributed by atoms with Gasteiger partial charge in [-0.25, -0.2) is 4.79 Å². The van der Waals surface area contributed by atoms with Gasteiger partial charge in [-0.2, -0.15) is 8.42 Å². The monoisotopic (exact) mass is 363 g/mol. The van der Waals surface area contributed by atoms with Crippen molar-refractivity contribution < 1.29 is 27.2 Å². The van der Waals surface area contributed by atoms with Gasteiger partial charge in [0.1, 0.15) is 16.7 Å². The number of nitrogens with zero attached hydrogens (tertiary/aromatic N) is 1. The zero-order chi connectivity index (χ0) is 17.9. The molecule has 1 N–H and O–H groups in total. The minimum Gasteiger partial charge on any atom is -0.465 e. The molecule has 1 aliphatic heterocycles. The lowest BCUT2D eigenvalue weighted by molar-refractivity contribution is -0.0238. The maximum atomic E-state index is 12.4. The maximum absolute atomic E-state index is 12.4. The van der Waals surface area contributed by atoms with Crippen LogP contribution in [0.1, 0.15) is 11.7 Å². The van der Waals surface area contributed by atoms with Gasteiger partial charge >= 0.3 is 16.2 Å². The smallest absolute Gasteiger partial charge is 0.407 e. The molecule has 0 unspecified atom stereocenters. The van der Waals surface area contributed by atoms with E-state index >= 15 is 0 Å². The summed E-state index contributed by atoms with van der Waals surface area (Å²) in [6, 6.07) is 14.4. The van der Waals surface area contributed by atoms with E-state index < -0.39 is 22.3 Å². The van der Waals surface area contributed by atoms with Gasteiger partial charge in [0.25, 0.3) is 0 Å². The van der Waals surface area contributed by atoms with Crippen LogP contribution < -0.4 is 4.18 Å². The molecule has 0 saturated carbocycles. The zero-order valence-corrected chi connectivity index (χ0v) is 14.1. The highest BCUT2D eigenvalue weighted by Crippen LogP contribution is 2.32. The highest BCUT2D eigenvalue weighted by Gasteiger charge is 2.28. The first kappa shape index (κ1) is 17.2. The van der Waals surface area contributed by atoms with Gasteiger partial charge in [0.15, 0.2) is 0 Å². The first-order valence-electron chi connectivity index (χ1n) is 7.65. The van der Waals surface area contributed by atoms with Gasteiger partial charge in [-0.3, -0.25) is 0 Å². The van der Waals surface area contributed by atoms with Gasteiger partial charge in [-0.05, 0) is 18.2 Å². The maximum Gasteiger partial charge on any atom is 0.407 e. The summed E-state index contributed by atoms with van der Waals surface area (Å²) in [4.78, 5) is 12.4. The van der Waals surface area contributed by atoms with Crippen molar-refractivity contribution in [2.75, 3.05) is 19.7 Å².